The minimum absolute atomic E-state index is 0.189. The molecule has 2 heterocycles. The van der Waals surface area contributed by atoms with Crippen molar-refractivity contribution in [2.45, 2.75) is 32.9 Å². The lowest BCUT2D eigenvalue weighted by atomic mass is 10.0. The van der Waals surface area contributed by atoms with Gasteiger partial charge in [-0.15, -0.1) is 0 Å². The van der Waals surface area contributed by atoms with Crippen molar-refractivity contribution in [3.05, 3.63) is 17.7 Å². The lowest BCUT2D eigenvalue weighted by Gasteiger charge is -2.21. The summed E-state index contributed by atoms with van der Waals surface area (Å²) in [5, 5.41) is 6.85. The number of rotatable bonds is 5. The molecule has 0 saturated heterocycles. The fraction of sp³-hybridized carbons (Fsp3) is 0.529. The maximum absolute atomic E-state index is 12.3. The number of nitrogens with one attached hydrogen (secondary N) is 1. The summed E-state index contributed by atoms with van der Waals surface area (Å²) >= 11 is 0. The van der Waals surface area contributed by atoms with Crippen molar-refractivity contribution in [3.8, 4) is 17.2 Å². The molecule has 3 rings (SSSR count). The fourth-order valence-corrected chi connectivity index (χ4v) is 2.61. The Kier molecular flexibility index (Phi) is 4.78. The first-order chi connectivity index (χ1) is 11.6. The maximum atomic E-state index is 12.3. The minimum Gasteiger partial charge on any atom is -0.496 e. The van der Waals surface area contributed by atoms with E-state index in [4.69, 9.17) is 19.0 Å². The van der Waals surface area contributed by atoms with E-state index in [0.29, 0.717) is 43.4 Å². The molecular formula is C17H22N2O5. The zero-order valence-electron chi connectivity index (χ0n) is 14.1. The summed E-state index contributed by atoms with van der Waals surface area (Å²) in [4.78, 5) is 17.5. The Hall–Kier alpha value is -2.44. The molecule has 0 bridgehead atoms. The number of hydrogen-bond acceptors (Lipinski definition) is 6. The molecule has 0 saturated carbocycles. The molecule has 0 aromatic heterocycles. The van der Waals surface area contributed by atoms with Gasteiger partial charge in [-0.1, -0.05) is 19.0 Å². The van der Waals surface area contributed by atoms with Crippen LogP contribution in [0.5, 0.6) is 17.2 Å². The second-order valence-corrected chi connectivity index (χ2v) is 6.06. The number of amides is 1. The van der Waals surface area contributed by atoms with Crippen molar-refractivity contribution < 1.29 is 23.8 Å². The van der Waals surface area contributed by atoms with Crippen LogP contribution < -0.4 is 19.5 Å². The first-order valence-electron chi connectivity index (χ1n) is 8.05. The van der Waals surface area contributed by atoms with E-state index in [2.05, 4.69) is 10.5 Å². The number of ether oxygens (including phenoxy) is 3. The molecule has 2 aliphatic rings. The molecule has 1 aromatic carbocycles. The third-order valence-electron chi connectivity index (χ3n) is 4.05. The predicted octanol–water partition coefficient (Wildman–Crippen LogP) is 1.88. The van der Waals surface area contributed by atoms with E-state index in [1.165, 1.54) is 0 Å². The van der Waals surface area contributed by atoms with Crippen LogP contribution in [0.25, 0.3) is 0 Å². The molecule has 24 heavy (non-hydrogen) atoms. The van der Waals surface area contributed by atoms with Crippen molar-refractivity contribution in [2.75, 3.05) is 20.3 Å². The molecule has 0 radical (unpaired) electrons. The normalized spacial score (nSPS) is 18.8. The molecule has 0 fully saturated rings. The van der Waals surface area contributed by atoms with Gasteiger partial charge in [-0.05, 0) is 12.0 Å². The van der Waals surface area contributed by atoms with Gasteiger partial charge in [0.05, 0.1) is 12.8 Å². The molecule has 1 atom stereocenters. The van der Waals surface area contributed by atoms with Crippen LogP contribution in [0.15, 0.2) is 17.3 Å². The van der Waals surface area contributed by atoms with Crippen LogP contribution in [0.1, 0.15) is 25.8 Å². The summed E-state index contributed by atoms with van der Waals surface area (Å²) in [6.07, 6.45) is -0.0347. The van der Waals surface area contributed by atoms with E-state index in [1.807, 2.05) is 19.9 Å². The maximum Gasteiger partial charge on any atom is 0.264 e. The van der Waals surface area contributed by atoms with Gasteiger partial charge in [-0.3, -0.25) is 4.79 Å². The first-order valence-corrected chi connectivity index (χ1v) is 8.05. The van der Waals surface area contributed by atoms with E-state index in [-0.39, 0.29) is 11.8 Å². The Morgan fingerprint density at radius 3 is 2.67 bits per heavy atom. The van der Waals surface area contributed by atoms with E-state index in [0.717, 1.165) is 11.3 Å². The van der Waals surface area contributed by atoms with Gasteiger partial charge in [-0.2, -0.15) is 0 Å². The van der Waals surface area contributed by atoms with Gasteiger partial charge in [0.25, 0.3) is 5.91 Å². The smallest absolute Gasteiger partial charge is 0.264 e. The number of nitrogens with zero attached hydrogens (tertiary/aromatic N) is 1. The SMILES string of the molecule is COc1cc2c(cc1CNC(=O)[C@@H]1CC(C(C)C)=NO1)OCCO2. The number of hydrogen-bond donors (Lipinski definition) is 1. The second-order valence-electron chi connectivity index (χ2n) is 6.06. The molecule has 1 aromatic rings. The van der Waals surface area contributed by atoms with Gasteiger partial charge < -0.3 is 24.4 Å². The van der Waals surface area contributed by atoms with Crippen LogP contribution in [0, 0.1) is 5.92 Å². The van der Waals surface area contributed by atoms with E-state index in [1.54, 1.807) is 13.2 Å². The summed E-state index contributed by atoms with van der Waals surface area (Å²) in [5.74, 6) is 2.05. The van der Waals surface area contributed by atoms with Gasteiger partial charge in [0.2, 0.25) is 6.10 Å². The molecule has 1 amide bonds. The Labute approximate surface area is 140 Å². The second kappa shape index (κ2) is 6.98. The number of fused-ring (bicyclic) bond motifs is 1. The Bertz CT molecular complexity index is 657. The number of carbonyl (C=O) groups is 1. The highest BCUT2D eigenvalue weighted by Crippen LogP contribution is 2.36. The van der Waals surface area contributed by atoms with Crippen LogP contribution in [0.2, 0.25) is 0 Å². The molecule has 0 aliphatic carbocycles. The summed E-state index contributed by atoms with van der Waals surface area (Å²) in [5.41, 5.74) is 1.73. The van der Waals surface area contributed by atoms with Crippen molar-refractivity contribution in [1.29, 1.82) is 0 Å². The summed E-state index contributed by atoms with van der Waals surface area (Å²) < 4.78 is 16.5. The molecule has 0 spiro atoms. The van der Waals surface area contributed by atoms with E-state index in [9.17, 15) is 4.79 Å². The van der Waals surface area contributed by atoms with Crippen LogP contribution in [0.3, 0.4) is 0 Å². The standard InChI is InChI=1S/C17H22N2O5/c1-10(2)12-7-16(24-19-12)17(20)18-9-11-6-14-15(8-13(11)21-3)23-5-4-22-14/h6,8,10,16H,4-5,7,9H2,1-3H3,(H,18,20)/t16-/m0/s1. The lowest BCUT2D eigenvalue weighted by Crippen LogP contribution is -2.34. The van der Waals surface area contributed by atoms with Crippen molar-refractivity contribution >= 4 is 11.6 Å². The molecule has 0 unspecified atom stereocenters. The topological polar surface area (TPSA) is 78.4 Å². The van der Waals surface area contributed by atoms with Crippen LogP contribution in [-0.4, -0.2) is 38.0 Å². The van der Waals surface area contributed by atoms with Gasteiger partial charge in [0.15, 0.2) is 11.5 Å². The van der Waals surface area contributed by atoms with Crippen molar-refractivity contribution in [2.24, 2.45) is 11.1 Å². The van der Waals surface area contributed by atoms with E-state index < -0.39 is 6.10 Å². The van der Waals surface area contributed by atoms with Gasteiger partial charge >= 0.3 is 0 Å². The first kappa shape index (κ1) is 16.4. The number of benzene rings is 1. The van der Waals surface area contributed by atoms with Gasteiger partial charge in [0, 0.05) is 24.6 Å². The third kappa shape index (κ3) is 3.39. The van der Waals surface area contributed by atoms with Crippen molar-refractivity contribution in [3.63, 3.8) is 0 Å². The van der Waals surface area contributed by atoms with Crippen molar-refractivity contribution in [1.82, 2.24) is 5.32 Å². The molecule has 2 aliphatic heterocycles. The zero-order valence-corrected chi connectivity index (χ0v) is 14.1. The van der Waals surface area contributed by atoms with Crippen LogP contribution in [0.4, 0.5) is 0 Å². The Morgan fingerprint density at radius 1 is 1.33 bits per heavy atom. The average molecular weight is 334 g/mol. The summed E-state index contributed by atoms with van der Waals surface area (Å²) in [7, 11) is 1.58. The lowest BCUT2D eigenvalue weighted by molar-refractivity contribution is -0.131. The third-order valence-corrected chi connectivity index (χ3v) is 4.05. The Morgan fingerprint density at radius 2 is 2.04 bits per heavy atom. The summed E-state index contributed by atoms with van der Waals surface area (Å²) in [6.45, 7) is 5.40. The summed E-state index contributed by atoms with van der Waals surface area (Å²) in [6, 6.07) is 3.61. The monoisotopic (exact) mass is 334 g/mol. The molecule has 1 N–H and O–H groups in total. The van der Waals surface area contributed by atoms with Gasteiger partial charge in [-0.25, -0.2) is 0 Å². The number of methoxy groups -OCH3 is 1. The molecular weight excluding hydrogens is 312 g/mol. The fourth-order valence-electron chi connectivity index (χ4n) is 2.61. The highest BCUT2D eigenvalue weighted by molar-refractivity contribution is 5.93. The Balaban J connectivity index is 1.63. The minimum atomic E-state index is -0.564. The van der Waals surface area contributed by atoms with Crippen LogP contribution in [-0.2, 0) is 16.2 Å². The van der Waals surface area contributed by atoms with E-state index >= 15 is 0 Å². The largest absolute Gasteiger partial charge is 0.496 e. The van der Waals surface area contributed by atoms with Gasteiger partial charge in [0.1, 0.15) is 19.0 Å². The number of oxime groups is 1. The molecule has 130 valence electrons. The van der Waals surface area contributed by atoms with Crippen LogP contribution >= 0.6 is 0 Å². The zero-order chi connectivity index (χ0) is 17.1. The molecule has 7 nitrogen and oxygen atoms in total. The average Bonchev–Trinajstić information content (AvgIpc) is 3.09. The highest BCUT2D eigenvalue weighted by atomic mass is 16.6. The molecule has 7 heteroatoms. The highest BCUT2D eigenvalue weighted by Gasteiger charge is 2.29. The quantitative estimate of drug-likeness (QED) is 0.889. The predicted molar refractivity (Wildman–Crippen MR) is 87.6 cm³/mol. The number of carbonyl (C=O) groups excluding carboxylic acids is 1.